The van der Waals surface area contributed by atoms with Crippen LogP contribution < -0.4 is 15.4 Å². The summed E-state index contributed by atoms with van der Waals surface area (Å²) in [7, 11) is 0. The van der Waals surface area contributed by atoms with Crippen LogP contribution in [-0.4, -0.2) is 91.5 Å². The van der Waals surface area contributed by atoms with Gasteiger partial charge in [0.15, 0.2) is 0 Å². The number of carbonyl (C=O) groups is 3. The number of nitrogens with one attached hydrogen (secondary N) is 2. The second-order valence-electron chi connectivity index (χ2n) is 12.6. The molecular weight excluding hydrogens is 548 g/mol. The van der Waals surface area contributed by atoms with Crippen LogP contribution in [0.3, 0.4) is 0 Å². The maximum Gasteiger partial charge on any atom is 0.407 e. The molecule has 2 aromatic carbocycles. The van der Waals surface area contributed by atoms with Crippen molar-refractivity contribution in [1.82, 2.24) is 20.4 Å². The Kier molecular flexibility index (Phi) is 9.75. The van der Waals surface area contributed by atoms with Crippen LogP contribution in [0.2, 0.25) is 0 Å². The maximum absolute atomic E-state index is 13.5. The van der Waals surface area contributed by atoms with E-state index < -0.39 is 11.7 Å². The first kappa shape index (κ1) is 30.7. The zero-order valence-electron chi connectivity index (χ0n) is 25.4. The number of morpholine rings is 1. The molecule has 43 heavy (non-hydrogen) atoms. The van der Waals surface area contributed by atoms with Crippen molar-refractivity contribution in [2.75, 3.05) is 45.9 Å². The molecule has 10 nitrogen and oxygen atoms in total. The van der Waals surface area contributed by atoms with Gasteiger partial charge in [-0.2, -0.15) is 0 Å². The van der Waals surface area contributed by atoms with E-state index in [9.17, 15) is 14.4 Å². The summed E-state index contributed by atoms with van der Waals surface area (Å²) in [6.45, 7) is 8.76. The van der Waals surface area contributed by atoms with Crippen molar-refractivity contribution in [3.63, 3.8) is 0 Å². The molecule has 0 bridgehead atoms. The van der Waals surface area contributed by atoms with Crippen molar-refractivity contribution >= 4 is 18.0 Å². The van der Waals surface area contributed by atoms with E-state index in [1.165, 1.54) is 11.1 Å². The van der Waals surface area contributed by atoms with Crippen molar-refractivity contribution in [1.29, 1.82) is 0 Å². The molecule has 10 heteroatoms. The minimum Gasteiger partial charge on any atom is -0.492 e. The van der Waals surface area contributed by atoms with Crippen LogP contribution >= 0.6 is 0 Å². The summed E-state index contributed by atoms with van der Waals surface area (Å²) in [6.07, 6.45) is 2.03. The number of rotatable bonds is 7. The number of likely N-dealkylation sites (tertiary alicyclic amines) is 2. The van der Waals surface area contributed by atoms with E-state index >= 15 is 0 Å². The number of carbonyl (C=O) groups excluding carboxylic acids is 3. The minimum atomic E-state index is -0.546. The lowest BCUT2D eigenvalue weighted by Gasteiger charge is -2.44. The summed E-state index contributed by atoms with van der Waals surface area (Å²) in [4.78, 5) is 41.0. The van der Waals surface area contributed by atoms with Gasteiger partial charge in [-0.05, 0) is 69.2 Å². The van der Waals surface area contributed by atoms with Gasteiger partial charge in [0.2, 0.25) is 5.91 Å². The number of hydrogen-bond acceptors (Lipinski definition) is 6. The molecule has 0 spiro atoms. The monoisotopic (exact) mass is 592 g/mol. The summed E-state index contributed by atoms with van der Waals surface area (Å²) in [5.41, 5.74) is 1.87. The largest absolute Gasteiger partial charge is 0.492 e. The molecular formula is C33H44N4O6. The molecule has 2 N–H and O–H groups in total. The number of nitrogens with zero attached hydrogens (tertiary/aromatic N) is 2. The average Bonchev–Trinajstić information content (AvgIpc) is 2.99. The van der Waals surface area contributed by atoms with Crippen LogP contribution in [0.1, 0.15) is 57.1 Å². The molecule has 3 fully saturated rings. The van der Waals surface area contributed by atoms with Crippen LogP contribution in [0.4, 0.5) is 9.59 Å². The highest BCUT2D eigenvalue weighted by Crippen LogP contribution is 2.39. The predicted molar refractivity (Wildman–Crippen MR) is 162 cm³/mol. The van der Waals surface area contributed by atoms with E-state index in [4.69, 9.17) is 14.2 Å². The Morgan fingerprint density at radius 1 is 1.00 bits per heavy atom. The summed E-state index contributed by atoms with van der Waals surface area (Å²) in [5.74, 6) is 1.15. The molecule has 0 saturated carbocycles. The Labute approximate surface area is 254 Å². The number of fused-ring (bicyclic) bond motifs is 1. The first-order valence-electron chi connectivity index (χ1n) is 15.4. The Bertz CT molecular complexity index is 1260. The van der Waals surface area contributed by atoms with Crippen LogP contribution in [0, 0.1) is 5.92 Å². The number of ether oxygens (including phenoxy) is 3. The van der Waals surface area contributed by atoms with E-state index in [2.05, 4.69) is 47.0 Å². The van der Waals surface area contributed by atoms with Crippen LogP contribution in [0.15, 0.2) is 54.6 Å². The van der Waals surface area contributed by atoms with Gasteiger partial charge in [-0.3, -0.25) is 4.79 Å². The van der Waals surface area contributed by atoms with Crippen molar-refractivity contribution in [2.24, 2.45) is 5.92 Å². The maximum atomic E-state index is 13.5. The first-order valence-corrected chi connectivity index (χ1v) is 15.4. The third-order valence-corrected chi connectivity index (χ3v) is 8.29. The lowest BCUT2D eigenvalue weighted by Crippen LogP contribution is -2.62. The molecule has 3 saturated heterocycles. The molecule has 232 valence electrons. The second kappa shape index (κ2) is 13.7. The van der Waals surface area contributed by atoms with E-state index in [0.717, 1.165) is 25.0 Å². The molecule has 3 aliphatic heterocycles. The fourth-order valence-corrected chi connectivity index (χ4v) is 6.33. The highest BCUT2D eigenvalue weighted by atomic mass is 16.6. The molecule has 3 heterocycles. The summed E-state index contributed by atoms with van der Waals surface area (Å²) >= 11 is 0. The Balaban J connectivity index is 1.19. The normalized spacial score (nSPS) is 21.8. The quantitative estimate of drug-likeness (QED) is 0.468. The number of alkyl carbamates (subject to hydrolysis) is 1. The van der Waals surface area contributed by atoms with Gasteiger partial charge in [-0.25, -0.2) is 9.59 Å². The molecule has 2 aromatic rings. The van der Waals surface area contributed by atoms with E-state index in [1.807, 2.05) is 48.8 Å². The zero-order valence-corrected chi connectivity index (χ0v) is 25.4. The number of benzene rings is 2. The minimum absolute atomic E-state index is 0.0138. The van der Waals surface area contributed by atoms with Gasteiger partial charge in [-0.1, -0.05) is 42.5 Å². The molecule has 3 aliphatic rings. The zero-order chi connectivity index (χ0) is 30.4. The molecule has 4 amide bonds. The summed E-state index contributed by atoms with van der Waals surface area (Å²) in [5, 5.41) is 5.72. The molecule has 0 radical (unpaired) electrons. The predicted octanol–water partition coefficient (Wildman–Crippen LogP) is 4.14. The smallest absolute Gasteiger partial charge is 0.407 e. The SMILES string of the molecule is CC(C)(C)OC(=O)NCCOc1cccc([C@H](c2ccccc2)C2CCN(C(=O)N3CC[C@@H]4OCC(=O)N[C@@H]4C3)CC2)c1. The fourth-order valence-electron chi connectivity index (χ4n) is 6.33. The Hall–Kier alpha value is -3.79. The molecule has 0 aliphatic carbocycles. The number of hydrogen-bond donors (Lipinski definition) is 2. The third-order valence-electron chi connectivity index (χ3n) is 8.29. The van der Waals surface area contributed by atoms with Crippen LogP contribution in [-0.2, 0) is 14.3 Å². The lowest BCUT2D eigenvalue weighted by molar-refractivity contribution is -0.139. The van der Waals surface area contributed by atoms with Crippen LogP contribution in [0.25, 0.3) is 0 Å². The standard InChI is InChI=1S/C33H44N4O6/c1-33(2,3)43-31(39)34-15-19-41-26-11-7-10-25(20-26)30(23-8-5-4-6-9-23)24-12-16-36(17-13-24)32(40)37-18-14-28-27(21-37)35-29(38)22-42-28/h4-11,20,24,27-28,30H,12-19,21-22H2,1-3H3,(H,34,39)(H,35,38)/t27-,28+,30-/m1/s1. The molecule has 5 rings (SSSR count). The van der Waals surface area contributed by atoms with Gasteiger partial charge in [0.25, 0.3) is 0 Å². The van der Waals surface area contributed by atoms with Gasteiger partial charge in [-0.15, -0.1) is 0 Å². The van der Waals surface area contributed by atoms with Gasteiger partial charge >= 0.3 is 12.1 Å². The topological polar surface area (TPSA) is 109 Å². The average molecular weight is 593 g/mol. The highest BCUT2D eigenvalue weighted by Gasteiger charge is 2.38. The number of piperidine rings is 2. The van der Waals surface area contributed by atoms with Gasteiger partial charge in [0.1, 0.15) is 24.6 Å². The fraction of sp³-hybridized carbons (Fsp3) is 0.545. The number of amides is 4. The Morgan fingerprint density at radius 3 is 2.47 bits per heavy atom. The third kappa shape index (κ3) is 8.19. The van der Waals surface area contributed by atoms with Gasteiger partial charge in [0.05, 0.1) is 18.7 Å². The molecule has 0 unspecified atom stereocenters. The van der Waals surface area contributed by atoms with Crippen molar-refractivity contribution in [2.45, 2.75) is 63.7 Å². The van der Waals surface area contributed by atoms with Gasteiger partial charge < -0.3 is 34.6 Å². The van der Waals surface area contributed by atoms with Crippen LogP contribution in [0.5, 0.6) is 5.75 Å². The highest BCUT2D eigenvalue weighted by molar-refractivity contribution is 5.79. The van der Waals surface area contributed by atoms with Crippen molar-refractivity contribution < 1.29 is 28.6 Å². The molecule has 3 atom stereocenters. The van der Waals surface area contributed by atoms with E-state index in [-0.39, 0.29) is 36.6 Å². The lowest BCUT2D eigenvalue weighted by atomic mass is 9.76. The first-order chi connectivity index (χ1) is 20.7. The summed E-state index contributed by atoms with van der Waals surface area (Å²) < 4.78 is 16.9. The molecule has 0 aromatic heterocycles. The Morgan fingerprint density at radius 2 is 1.72 bits per heavy atom. The van der Waals surface area contributed by atoms with Crippen molar-refractivity contribution in [3.05, 3.63) is 65.7 Å². The van der Waals surface area contributed by atoms with E-state index in [0.29, 0.717) is 45.2 Å². The summed E-state index contributed by atoms with van der Waals surface area (Å²) in [6, 6.07) is 18.6. The second-order valence-corrected chi connectivity index (χ2v) is 12.6. The van der Waals surface area contributed by atoms with Crippen molar-refractivity contribution in [3.8, 4) is 5.75 Å². The van der Waals surface area contributed by atoms with Gasteiger partial charge in [0, 0.05) is 32.1 Å². The van der Waals surface area contributed by atoms with E-state index in [1.54, 1.807) is 0 Å². The number of urea groups is 1.